The highest BCUT2D eigenvalue weighted by Crippen LogP contribution is 2.45. The third kappa shape index (κ3) is 3.53. The predicted octanol–water partition coefficient (Wildman–Crippen LogP) is 11.9. The summed E-state index contributed by atoms with van der Waals surface area (Å²) in [7, 11) is 0. The Hall–Kier alpha value is -6.12. The average Bonchev–Trinajstić information content (AvgIpc) is 3.64. The molecular formula is C44H28N2. The molecule has 0 unspecified atom stereocenters. The lowest BCUT2D eigenvalue weighted by molar-refractivity contribution is 1.18. The second kappa shape index (κ2) is 9.69. The first kappa shape index (κ1) is 25.2. The van der Waals surface area contributed by atoms with Gasteiger partial charge in [0.05, 0.1) is 22.1 Å². The van der Waals surface area contributed by atoms with Crippen LogP contribution < -0.4 is 0 Å². The van der Waals surface area contributed by atoms with E-state index >= 15 is 0 Å². The molecule has 2 heterocycles. The first-order chi connectivity index (χ1) is 22.8. The smallest absolute Gasteiger partial charge is 0.0626 e. The Labute approximate surface area is 266 Å². The zero-order valence-corrected chi connectivity index (χ0v) is 25.1. The number of benzene rings is 8. The molecule has 0 saturated carbocycles. The predicted molar refractivity (Wildman–Crippen MR) is 196 cm³/mol. The van der Waals surface area contributed by atoms with Crippen LogP contribution in [-0.2, 0) is 0 Å². The molecule has 8 aromatic carbocycles. The van der Waals surface area contributed by atoms with Crippen molar-refractivity contribution >= 4 is 65.2 Å². The van der Waals surface area contributed by atoms with Gasteiger partial charge in [0.15, 0.2) is 0 Å². The van der Waals surface area contributed by atoms with Gasteiger partial charge in [0.1, 0.15) is 0 Å². The van der Waals surface area contributed by atoms with Crippen LogP contribution in [0.5, 0.6) is 0 Å². The summed E-state index contributed by atoms with van der Waals surface area (Å²) in [5, 5.41) is 10.1. The van der Waals surface area contributed by atoms with Gasteiger partial charge in [0, 0.05) is 43.9 Å². The van der Waals surface area contributed by atoms with Crippen LogP contribution in [0.4, 0.5) is 0 Å². The highest BCUT2D eigenvalue weighted by Gasteiger charge is 2.22. The fourth-order valence-electron chi connectivity index (χ4n) is 7.71. The number of aromatic nitrogens is 2. The summed E-state index contributed by atoms with van der Waals surface area (Å²) >= 11 is 0. The molecule has 0 aliphatic carbocycles. The topological polar surface area (TPSA) is 9.86 Å². The van der Waals surface area contributed by atoms with E-state index in [-0.39, 0.29) is 0 Å². The molecule has 0 radical (unpaired) electrons. The molecule has 10 aromatic rings. The first-order valence-corrected chi connectivity index (χ1v) is 15.9. The van der Waals surface area contributed by atoms with Gasteiger partial charge in [-0.1, -0.05) is 127 Å². The Morgan fingerprint density at radius 3 is 1.67 bits per heavy atom. The Balaban J connectivity index is 1.42. The van der Waals surface area contributed by atoms with Crippen molar-refractivity contribution in [2.45, 2.75) is 0 Å². The van der Waals surface area contributed by atoms with E-state index in [2.05, 4.69) is 179 Å². The number of para-hydroxylation sites is 3. The van der Waals surface area contributed by atoms with E-state index in [9.17, 15) is 0 Å². The summed E-state index contributed by atoms with van der Waals surface area (Å²) in [6, 6.07) is 62.0. The van der Waals surface area contributed by atoms with E-state index in [0.29, 0.717) is 0 Å². The maximum absolute atomic E-state index is 2.51. The van der Waals surface area contributed by atoms with Crippen molar-refractivity contribution in [3.63, 3.8) is 0 Å². The van der Waals surface area contributed by atoms with Crippen LogP contribution >= 0.6 is 0 Å². The Bertz CT molecular complexity index is 2780. The van der Waals surface area contributed by atoms with Gasteiger partial charge < -0.3 is 9.13 Å². The number of rotatable bonds is 3. The summed E-state index contributed by atoms with van der Waals surface area (Å²) in [5.74, 6) is 0. The van der Waals surface area contributed by atoms with Crippen LogP contribution in [-0.4, -0.2) is 9.13 Å². The van der Waals surface area contributed by atoms with Crippen molar-refractivity contribution in [2.24, 2.45) is 0 Å². The van der Waals surface area contributed by atoms with Crippen molar-refractivity contribution in [3.8, 4) is 22.5 Å². The summed E-state index contributed by atoms with van der Waals surface area (Å²) in [6.45, 7) is 0. The van der Waals surface area contributed by atoms with Crippen molar-refractivity contribution in [1.82, 2.24) is 9.13 Å². The molecule has 0 atom stereocenters. The van der Waals surface area contributed by atoms with Crippen molar-refractivity contribution in [1.29, 1.82) is 0 Å². The fourth-order valence-corrected chi connectivity index (χ4v) is 7.71. The Morgan fingerprint density at radius 1 is 0.304 bits per heavy atom. The molecule has 2 heteroatoms. The minimum Gasteiger partial charge on any atom is -0.309 e. The fraction of sp³-hybridized carbons (Fsp3) is 0. The minimum absolute atomic E-state index is 1.16. The second-order valence-corrected chi connectivity index (χ2v) is 12.1. The van der Waals surface area contributed by atoms with Crippen molar-refractivity contribution in [3.05, 3.63) is 170 Å². The molecule has 0 aliphatic rings. The molecule has 0 spiro atoms. The van der Waals surface area contributed by atoms with Gasteiger partial charge in [-0.15, -0.1) is 0 Å². The minimum atomic E-state index is 1.16. The normalized spacial score (nSPS) is 11.9. The summed E-state index contributed by atoms with van der Waals surface area (Å²) < 4.78 is 4.92. The van der Waals surface area contributed by atoms with Gasteiger partial charge in [-0.25, -0.2) is 0 Å². The lowest BCUT2D eigenvalue weighted by Gasteiger charge is -2.16. The van der Waals surface area contributed by atoms with E-state index in [1.165, 1.54) is 82.0 Å². The maximum Gasteiger partial charge on any atom is 0.0626 e. The summed E-state index contributed by atoms with van der Waals surface area (Å²) in [6.07, 6.45) is 0. The SMILES string of the molecule is c1ccc(-n2c3ccccc3c3ccc(-c4c5ccccc5cc5c6ccc7ccccc7c6n(-c6ccccc6)c45)cc32)cc1. The molecule has 0 aliphatic heterocycles. The lowest BCUT2D eigenvalue weighted by atomic mass is 9.94. The molecule has 2 nitrogen and oxygen atoms in total. The first-order valence-electron chi connectivity index (χ1n) is 15.9. The number of fused-ring (bicyclic) bond motifs is 9. The molecule has 2 aromatic heterocycles. The monoisotopic (exact) mass is 584 g/mol. The van der Waals surface area contributed by atoms with Crippen LogP contribution in [0.1, 0.15) is 0 Å². The third-order valence-corrected chi connectivity index (χ3v) is 9.65. The Morgan fingerprint density at radius 2 is 0.891 bits per heavy atom. The molecule has 0 fully saturated rings. The van der Waals surface area contributed by atoms with Crippen LogP contribution in [0.25, 0.3) is 87.7 Å². The van der Waals surface area contributed by atoms with E-state index in [0.717, 1.165) is 5.69 Å². The lowest BCUT2D eigenvalue weighted by Crippen LogP contribution is -1.97. The molecule has 0 N–H and O–H groups in total. The third-order valence-electron chi connectivity index (χ3n) is 9.65. The molecule has 46 heavy (non-hydrogen) atoms. The van der Waals surface area contributed by atoms with Gasteiger partial charge in [-0.05, 0) is 64.2 Å². The standard InChI is InChI=1S/C44H28N2/c1-3-15-32(16-4-1)45-40-22-12-11-21-36(40)37-25-24-31(28-41(37)45)42-34-19-9-8-14-30(34)27-39-38-26-23-29-13-7-10-20-35(29)43(38)46(44(39)42)33-17-5-2-6-18-33/h1-28H. The summed E-state index contributed by atoms with van der Waals surface area (Å²) in [5.41, 5.74) is 9.69. The molecule has 10 rings (SSSR count). The summed E-state index contributed by atoms with van der Waals surface area (Å²) in [4.78, 5) is 0. The van der Waals surface area contributed by atoms with E-state index in [4.69, 9.17) is 0 Å². The second-order valence-electron chi connectivity index (χ2n) is 12.1. The zero-order valence-electron chi connectivity index (χ0n) is 25.1. The van der Waals surface area contributed by atoms with Crippen LogP contribution in [0, 0.1) is 0 Å². The van der Waals surface area contributed by atoms with Crippen LogP contribution in [0.2, 0.25) is 0 Å². The van der Waals surface area contributed by atoms with E-state index in [1.807, 2.05) is 0 Å². The van der Waals surface area contributed by atoms with Gasteiger partial charge in [-0.2, -0.15) is 0 Å². The van der Waals surface area contributed by atoms with Crippen molar-refractivity contribution in [2.75, 3.05) is 0 Å². The van der Waals surface area contributed by atoms with Gasteiger partial charge >= 0.3 is 0 Å². The highest BCUT2D eigenvalue weighted by atomic mass is 15.0. The van der Waals surface area contributed by atoms with Crippen LogP contribution in [0.15, 0.2) is 170 Å². The zero-order chi connectivity index (χ0) is 30.2. The molecular weight excluding hydrogens is 556 g/mol. The average molecular weight is 585 g/mol. The molecule has 0 bridgehead atoms. The number of hydrogen-bond acceptors (Lipinski definition) is 0. The molecule has 0 saturated heterocycles. The van der Waals surface area contributed by atoms with E-state index in [1.54, 1.807) is 0 Å². The van der Waals surface area contributed by atoms with Gasteiger partial charge in [0.25, 0.3) is 0 Å². The molecule has 214 valence electrons. The van der Waals surface area contributed by atoms with Gasteiger partial charge in [-0.3, -0.25) is 0 Å². The van der Waals surface area contributed by atoms with Crippen LogP contribution in [0.3, 0.4) is 0 Å². The van der Waals surface area contributed by atoms with Gasteiger partial charge in [0.2, 0.25) is 0 Å². The van der Waals surface area contributed by atoms with E-state index < -0.39 is 0 Å². The van der Waals surface area contributed by atoms with Crippen molar-refractivity contribution < 1.29 is 0 Å². The Kier molecular flexibility index (Phi) is 5.31. The molecule has 0 amide bonds. The number of hydrogen-bond donors (Lipinski definition) is 0. The number of nitrogens with zero attached hydrogens (tertiary/aromatic N) is 2. The largest absolute Gasteiger partial charge is 0.309 e. The highest BCUT2D eigenvalue weighted by molar-refractivity contribution is 6.25. The quantitative estimate of drug-likeness (QED) is 0.195. The maximum atomic E-state index is 2.51.